The van der Waals surface area contributed by atoms with E-state index >= 15 is 0 Å². The van der Waals surface area contributed by atoms with Crippen LogP contribution in [0.3, 0.4) is 0 Å². The summed E-state index contributed by atoms with van der Waals surface area (Å²) in [6, 6.07) is 5.78. The predicted molar refractivity (Wildman–Crippen MR) is 72.4 cm³/mol. The minimum Gasteiger partial charge on any atom is -0.493 e. The molecule has 0 radical (unpaired) electrons. The lowest BCUT2D eigenvalue weighted by molar-refractivity contribution is 0.0710. The lowest BCUT2D eigenvalue weighted by Crippen LogP contribution is -2.48. The Morgan fingerprint density at radius 2 is 2.17 bits per heavy atom. The van der Waals surface area contributed by atoms with E-state index in [9.17, 15) is 4.79 Å². The Bertz CT molecular complexity index is 468. The molecule has 0 saturated heterocycles. The van der Waals surface area contributed by atoms with Crippen LogP contribution in [0.15, 0.2) is 18.2 Å². The van der Waals surface area contributed by atoms with E-state index in [2.05, 4.69) is 0 Å². The first-order valence-corrected chi connectivity index (χ1v) is 6.47. The Balaban J connectivity index is 2.34. The molecule has 0 saturated carbocycles. The fourth-order valence-electron chi connectivity index (χ4n) is 2.32. The molecule has 3 heteroatoms. The van der Waals surface area contributed by atoms with Crippen molar-refractivity contribution in [2.45, 2.75) is 32.2 Å². The Hall–Kier alpha value is -1.35. The molecule has 1 aromatic rings. The van der Waals surface area contributed by atoms with Crippen LogP contribution in [0.25, 0.3) is 0 Å². The number of rotatable bonds is 4. The summed E-state index contributed by atoms with van der Waals surface area (Å²) in [5.41, 5.74) is 1.50. The van der Waals surface area contributed by atoms with Crippen LogP contribution in [0.2, 0.25) is 0 Å². The molecule has 0 amide bonds. The van der Waals surface area contributed by atoms with Gasteiger partial charge in [-0.1, -0.05) is 6.92 Å². The van der Waals surface area contributed by atoms with Crippen molar-refractivity contribution in [2.24, 2.45) is 0 Å². The zero-order valence-corrected chi connectivity index (χ0v) is 11.6. The summed E-state index contributed by atoms with van der Waals surface area (Å²) in [6.07, 6.45) is 1.70. The maximum absolute atomic E-state index is 12.7. The van der Waals surface area contributed by atoms with Gasteiger partial charge in [0.1, 0.15) is 5.75 Å². The van der Waals surface area contributed by atoms with Gasteiger partial charge in [0.15, 0.2) is 5.78 Å². The van der Waals surface area contributed by atoms with Crippen LogP contribution in [0.5, 0.6) is 5.75 Å². The minimum absolute atomic E-state index is 0.185. The van der Waals surface area contributed by atoms with Gasteiger partial charge in [-0.15, -0.1) is 0 Å². The van der Waals surface area contributed by atoms with Crippen molar-refractivity contribution < 1.29 is 9.53 Å². The monoisotopic (exact) mass is 247 g/mol. The van der Waals surface area contributed by atoms with Crippen LogP contribution >= 0.6 is 0 Å². The summed E-state index contributed by atoms with van der Waals surface area (Å²) < 4.78 is 5.47. The molecule has 0 aromatic heterocycles. The normalized spacial score (nSPS) is 17.2. The molecule has 1 heterocycles. The Labute approximate surface area is 109 Å². The first-order chi connectivity index (χ1) is 8.49. The number of benzene rings is 1. The topological polar surface area (TPSA) is 29.5 Å². The number of fused-ring (bicyclic) bond motifs is 1. The highest BCUT2D eigenvalue weighted by Crippen LogP contribution is 2.29. The highest BCUT2D eigenvalue weighted by atomic mass is 16.5. The smallest absolute Gasteiger partial charge is 0.182 e. The third-order valence-electron chi connectivity index (χ3n) is 4.12. The lowest BCUT2D eigenvalue weighted by atomic mass is 9.87. The summed E-state index contributed by atoms with van der Waals surface area (Å²) in [4.78, 5) is 14.7. The third kappa shape index (κ3) is 2.03. The van der Waals surface area contributed by atoms with Crippen LogP contribution in [-0.2, 0) is 6.42 Å². The fourth-order valence-corrected chi connectivity index (χ4v) is 2.32. The first-order valence-electron chi connectivity index (χ1n) is 6.47. The van der Waals surface area contributed by atoms with Gasteiger partial charge in [0.2, 0.25) is 0 Å². The average Bonchev–Trinajstić information content (AvgIpc) is 2.83. The number of carbonyl (C=O) groups is 1. The van der Waals surface area contributed by atoms with Gasteiger partial charge in [-0.3, -0.25) is 9.69 Å². The highest BCUT2D eigenvalue weighted by Gasteiger charge is 2.34. The molecule has 1 atom stereocenters. The van der Waals surface area contributed by atoms with Crippen LogP contribution in [0.4, 0.5) is 0 Å². The maximum atomic E-state index is 12.7. The predicted octanol–water partition coefficient (Wildman–Crippen LogP) is 2.53. The molecule has 0 fully saturated rings. The second kappa shape index (κ2) is 4.73. The van der Waals surface area contributed by atoms with Gasteiger partial charge in [0, 0.05) is 12.0 Å². The van der Waals surface area contributed by atoms with Crippen molar-refractivity contribution in [1.29, 1.82) is 0 Å². The molecule has 3 nitrogen and oxygen atoms in total. The van der Waals surface area contributed by atoms with E-state index in [1.165, 1.54) is 0 Å². The van der Waals surface area contributed by atoms with E-state index in [1.54, 1.807) is 0 Å². The average molecular weight is 247 g/mol. The Kier molecular flexibility index (Phi) is 3.44. The number of likely N-dealkylation sites (N-methyl/N-ethyl adjacent to an activating group) is 1. The van der Waals surface area contributed by atoms with E-state index in [1.807, 2.05) is 51.0 Å². The molecule has 18 heavy (non-hydrogen) atoms. The molecular formula is C15H21NO2. The van der Waals surface area contributed by atoms with Crippen molar-refractivity contribution >= 4 is 5.78 Å². The molecule has 1 aromatic carbocycles. The molecule has 2 rings (SSSR count). The largest absolute Gasteiger partial charge is 0.493 e. The quantitative estimate of drug-likeness (QED) is 0.766. The standard InChI is InChI=1S/C15H21NO2/c1-5-15(2,16(3)4)14(17)12-6-7-13-11(10-12)8-9-18-13/h6-7,10H,5,8-9H2,1-4H3. The van der Waals surface area contributed by atoms with Crippen molar-refractivity contribution in [3.05, 3.63) is 29.3 Å². The highest BCUT2D eigenvalue weighted by molar-refractivity contribution is 6.03. The van der Waals surface area contributed by atoms with Gasteiger partial charge in [0.25, 0.3) is 0 Å². The first kappa shape index (κ1) is 13.1. The molecule has 1 aliphatic rings. The van der Waals surface area contributed by atoms with Crippen LogP contribution in [0.1, 0.15) is 36.2 Å². The van der Waals surface area contributed by atoms with Gasteiger partial charge < -0.3 is 4.74 Å². The van der Waals surface area contributed by atoms with Crippen molar-refractivity contribution in [3.63, 3.8) is 0 Å². The number of nitrogens with zero attached hydrogens (tertiary/aromatic N) is 1. The van der Waals surface area contributed by atoms with Crippen molar-refractivity contribution in [1.82, 2.24) is 4.90 Å². The SMILES string of the molecule is CCC(C)(C(=O)c1ccc2c(c1)CCO2)N(C)C. The van der Waals surface area contributed by atoms with Crippen molar-refractivity contribution in [3.8, 4) is 5.75 Å². The number of hydrogen-bond donors (Lipinski definition) is 0. The van der Waals surface area contributed by atoms with Crippen LogP contribution < -0.4 is 4.74 Å². The number of hydrogen-bond acceptors (Lipinski definition) is 3. The Morgan fingerprint density at radius 3 is 2.78 bits per heavy atom. The van der Waals surface area contributed by atoms with E-state index in [0.29, 0.717) is 0 Å². The van der Waals surface area contributed by atoms with Gasteiger partial charge in [-0.25, -0.2) is 0 Å². The maximum Gasteiger partial charge on any atom is 0.182 e. The molecule has 1 aliphatic heterocycles. The zero-order chi connectivity index (χ0) is 13.3. The second-order valence-electron chi connectivity index (χ2n) is 5.27. The summed E-state index contributed by atoms with van der Waals surface area (Å²) >= 11 is 0. The zero-order valence-electron chi connectivity index (χ0n) is 11.6. The number of ketones is 1. The van der Waals surface area contributed by atoms with Gasteiger partial charge in [-0.2, -0.15) is 0 Å². The molecule has 0 bridgehead atoms. The Morgan fingerprint density at radius 1 is 1.44 bits per heavy atom. The summed E-state index contributed by atoms with van der Waals surface area (Å²) in [5, 5.41) is 0. The molecule has 0 aliphatic carbocycles. The minimum atomic E-state index is -0.437. The molecule has 98 valence electrons. The lowest BCUT2D eigenvalue weighted by Gasteiger charge is -2.34. The number of Topliss-reactive ketones (excluding diaryl/α,β-unsaturated/α-hetero) is 1. The van der Waals surface area contributed by atoms with Gasteiger partial charge in [-0.05, 0) is 51.2 Å². The summed E-state index contributed by atoms with van der Waals surface area (Å²) in [6.45, 7) is 4.78. The van der Waals surface area contributed by atoms with E-state index in [-0.39, 0.29) is 5.78 Å². The van der Waals surface area contributed by atoms with Crippen molar-refractivity contribution in [2.75, 3.05) is 20.7 Å². The van der Waals surface area contributed by atoms with Gasteiger partial charge >= 0.3 is 0 Å². The number of ether oxygens (including phenoxy) is 1. The van der Waals surface area contributed by atoms with Crippen LogP contribution in [-0.4, -0.2) is 36.9 Å². The summed E-state index contributed by atoms with van der Waals surface area (Å²) in [7, 11) is 3.91. The molecular weight excluding hydrogens is 226 g/mol. The summed E-state index contributed by atoms with van der Waals surface area (Å²) in [5.74, 6) is 1.11. The molecule has 1 unspecified atom stereocenters. The van der Waals surface area contributed by atoms with Gasteiger partial charge in [0.05, 0.1) is 12.1 Å². The fraction of sp³-hybridized carbons (Fsp3) is 0.533. The molecule has 0 spiro atoms. The second-order valence-corrected chi connectivity index (χ2v) is 5.27. The van der Waals surface area contributed by atoms with E-state index < -0.39 is 5.54 Å². The number of carbonyl (C=O) groups excluding carboxylic acids is 1. The molecule has 0 N–H and O–H groups in total. The van der Waals surface area contributed by atoms with E-state index in [4.69, 9.17) is 4.74 Å². The van der Waals surface area contributed by atoms with E-state index in [0.717, 1.165) is 36.3 Å². The van der Waals surface area contributed by atoms with Crippen LogP contribution in [0, 0.1) is 0 Å². The third-order valence-corrected chi connectivity index (χ3v) is 4.12.